The minimum Gasteiger partial charge on any atom is -0.372 e. The van der Waals surface area contributed by atoms with Crippen molar-refractivity contribution in [3.63, 3.8) is 0 Å². The molecule has 5 heteroatoms. The minimum atomic E-state index is -0.369. The molecule has 1 aliphatic rings. The molecule has 0 aromatic heterocycles. The molecule has 0 aromatic carbocycles. The summed E-state index contributed by atoms with van der Waals surface area (Å²) in [5.74, 6) is -0.0378. The summed E-state index contributed by atoms with van der Waals surface area (Å²) in [5.41, 5.74) is 0. The normalized spacial score (nSPS) is 25.4. The maximum atomic E-state index is 11.5. The van der Waals surface area contributed by atoms with E-state index in [1.807, 2.05) is 0 Å². The molecule has 0 spiro atoms. The summed E-state index contributed by atoms with van der Waals surface area (Å²) in [6.45, 7) is 5.59. The molecule has 0 bridgehead atoms. The van der Waals surface area contributed by atoms with Crippen molar-refractivity contribution < 1.29 is 9.53 Å². The van der Waals surface area contributed by atoms with Crippen molar-refractivity contribution in [2.24, 2.45) is 0 Å². The molecule has 0 saturated carbocycles. The van der Waals surface area contributed by atoms with Crippen LogP contribution in [-0.4, -0.2) is 75.2 Å². The first-order chi connectivity index (χ1) is 7.54. The molecule has 1 amide bonds. The number of carbonyl (C=O) groups is 1. The fourth-order valence-corrected chi connectivity index (χ4v) is 1.79. The van der Waals surface area contributed by atoms with Gasteiger partial charge in [-0.15, -0.1) is 0 Å². The average Bonchev–Trinajstić information content (AvgIpc) is 2.28. The van der Waals surface area contributed by atoms with Crippen molar-refractivity contribution in [3.8, 4) is 0 Å². The number of amides is 1. The molecule has 1 N–H and O–H groups in total. The molecule has 0 aliphatic carbocycles. The van der Waals surface area contributed by atoms with Crippen LogP contribution in [0.25, 0.3) is 0 Å². The second kappa shape index (κ2) is 6.18. The summed E-state index contributed by atoms with van der Waals surface area (Å²) in [6, 6.07) is 0.395. The molecule has 2 unspecified atom stereocenters. The van der Waals surface area contributed by atoms with E-state index >= 15 is 0 Å². The summed E-state index contributed by atoms with van der Waals surface area (Å²) in [4.78, 5) is 16.1. The summed E-state index contributed by atoms with van der Waals surface area (Å²) >= 11 is 0. The Morgan fingerprint density at radius 3 is 2.81 bits per heavy atom. The lowest BCUT2D eigenvalue weighted by Crippen LogP contribution is -2.55. The Morgan fingerprint density at radius 2 is 2.19 bits per heavy atom. The molecule has 0 radical (unpaired) electrons. The number of nitrogens with zero attached hydrogens (tertiary/aromatic N) is 2. The van der Waals surface area contributed by atoms with Gasteiger partial charge in [0.25, 0.3) is 0 Å². The highest BCUT2D eigenvalue weighted by atomic mass is 16.5. The van der Waals surface area contributed by atoms with E-state index < -0.39 is 0 Å². The van der Waals surface area contributed by atoms with Crippen molar-refractivity contribution in [2.45, 2.75) is 19.1 Å². The molecule has 5 nitrogen and oxygen atoms in total. The van der Waals surface area contributed by atoms with Gasteiger partial charge < -0.3 is 15.0 Å². The second-order valence-corrected chi connectivity index (χ2v) is 4.52. The van der Waals surface area contributed by atoms with Gasteiger partial charge in [0.1, 0.15) is 6.10 Å². The van der Waals surface area contributed by atoms with Gasteiger partial charge in [-0.3, -0.25) is 9.69 Å². The quantitative estimate of drug-likeness (QED) is 0.698. The molecule has 1 heterocycles. The van der Waals surface area contributed by atoms with E-state index in [0.717, 1.165) is 19.6 Å². The van der Waals surface area contributed by atoms with Crippen LogP contribution in [0.2, 0.25) is 0 Å². The minimum absolute atomic E-state index is 0.0378. The Bertz CT molecular complexity index is 235. The van der Waals surface area contributed by atoms with Gasteiger partial charge in [-0.05, 0) is 21.0 Å². The van der Waals surface area contributed by atoms with Crippen molar-refractivity contribution in [3.05, 3.63) is 0 Å². The van der Waals surface area contributed by atoms with Crippen molar-refractivity contribution in [1.29, 1.82) is 0 Å². The van der Waals surface area contributed by atoms with Crippen LogP contribution in [0.1, 0.15) is 6.92 Å². The Labute approximate surface area is 97.7 Å². The maximum absolute atomic E-state index is 11.5. The van der Waals surface area contributed by atoms with E-state index in [2.05, 4.69) is 29.2 Å². The fraction of sp³-hybridized carbons (Fsp3) is 0.909. The van der Waals surface area contributed by atoms with Crippen molar-refractivity contribution in [2.75, 3.05) is 47.4 Å². The van der Waals surface area contributed by atoms with Crippen LogP contribution < -0.4 is 5.32 Å². The number of methoxy groups -OCH3 is 1. The number of rotatable bonds is 4. The van der Waals surface area contributed by atoms with Gasteiger partial charge in [-0.2, -0.15) is 0 Å². The topological polar surface area (TPSA) is 44.8 Å². The highest BCUT2D eigenvalue weighted by Gasteiger charge is 2.23. The molecule has 1 saturated heterocycles. The zero-order valence-electron chi connectivity index (χ0n) is 10.7. The molecule has 1 fully saturated rings. The number of hydrogen-bond acceptors (Lipinski definition) is 4. The van der Waals surface area contributed by atoms with Crippen molar-refractivity contribution in [1.82, 2.24) is 15.1 Å². The first-order valence-corrected chi connectivity index (χ1v) is 5.74. The van der Waals surface area contributed by atoms with Gasteiger partial charge in [0, 0.05) is 39.3 Å². The number of piperazine rings is 1. The van der Waals surface area contributed by atoms with Crippen LogP contribution >= 0.6 is 0 Å². The second-order valence-electron chi connectivity index (χ2n) is 4.52. The number of hydrogen-bond donors (Lipinski definition) is 1. The van der Waals surface area contributed by atoms with Crippen LogP contribution in [-0.2, 0) is 9.53 Å². The SMILES string of the molecule is COC(C)C(=O)NCC1CN(C)CCN1C. The molecule has 1 aliphatic heterocycles. The first-order valence-electron chi connectivity index (χ1n) is 5.74. The maximum Gasteiger partial charge on any atom is 0.248 e. The largest absolute Gasteiger partial charge is 0.372 e. The van der Waals surface area contributed by atoms with E-state index in [0.29, 0.717) is 12.6 Å². The van der Waals surface area contributed by atoms with Crippen LogP contribution in [0.5, 0.6) is 0 Å². The summed E-state index contributed by atoms with van der Waals surface area (Å²) in [6.07, 6.45) is -0.369. The van der Waals surface area contributed by atoms with E-state index in [9.17, 15) is 4.79 Å². The standard InChI is InChI=1S/C11H23N3O2/c1-9(16-4)11(15)12-7-10-8-13(2)5-6-14(10)3/h9-10H,5-8H2,1-4H3,(H,12,15). The molecule has 16 heavy (non-hydrogen) atoms. The zero-order valence-corrected chi connectivity index (χ0v) is 10.7. The van der Waals surface area contributed by atoms with Gasteiger partial charge >= 0.3 is 0 Å². The lowest BCUT2D eigenvalue weighted by molar-refractivity contribution is -0.130. The van der Waals surface area contributed by atoms with Gasteiger partial charge in [0.15, 0.2) is 0 Å². The van der Waals surface area contributed by atoms with Crippen LogP contribution in [0.3, 0.4) is 0 Å². The first kappa shape index (κ1) is 13.4. The molecule has 94 valence electrons. The number of likely N-dealkylation sites (N-methyl/N-ethyl adjacent to an activating group) is 2. The third kappa shape index (κ3) is 3.73. The predicted molar refractivity (Wildman–Crippen MR) is 63.4 cm³/mol. The zero-order chi connectivity index (χ0) is 12.1. The predicted octanol–water partition coefficient (Wildman–Crippen LogP) is -0.617. The Balaban J connectivity index is 2.33. The summed E-state index contributed by atoms with van der Waals surface area (Å²) in [7, 11) is 5.76. The van der Waals surface area contributed by atoms with Crippen molar-refractivity contribution >= 4 is 5.91 Å². The van der Waals surface area contributed by atoms with Gasteiger partial charge in [-0.25, -0.2) is 0 Å². The van der Waals surface area contributed by atoms with Gasteiger partial charge in [0.2, 0.25) is 5.91 Å². The molecular weight excluding hydrogens is 206 g/mol. The van der Waals surface area contributed by atoms with Crippen LogP contribution in [0.4, 0.5) is 0 Å². The fourth-order valence-electron chi connectivity index (χ4n) is 1.79. The van der Waals surface area contributed by atoms with Gasteiger partial charge in [0.05, 0.1) is 0 Å². The molecule has 1 rings (SSSR count). The van der Waals surface area contributed by atoms with Gasteiger partial charge in [-0.1, -0.05) is 0 Å². The Kier molecular flexibility index (Phi) is 5.18. The number of carbonyl (C=O) groups excluding carboxylic acids is 1. The highest BCUT2D eigenvalue weighted by molar-refractivity contribution is 5.80. The van der Waals surface area contributed by atoms with E-state index in [1.165, 1.54) is 0 Å². The van der Waals surface area contributed by atoms with E-state index in [4.69, 9.17) is 4.74 Å². The average molecular weight is 229 g/mol. The van der Waals surface area contributed by atoms with Crippen LogP contribution in [0, 0.1) is 0 Å². The molecule has 2 atom stereocenters. The van der Waals surface area contributed by atoms with Crippen LogP contribution in [0.15, 0.2) is 0 Å². The number of nitrogens with one attached hydrogen (secondary N) is 1. The Morgan fingerprint density at radius 1 is 1.50 bits per heavy atom. The van der Waals surface area contributed by atoms with E-state index in [-0.39, 0.29) is 12.0 Å². The number of ether oxygens (including phenoxy) is 1. The Hall–Kier alpha value is -0.650. The third-order valence-electron chi connectivity index (χ3n) is 3.21. The molecule has 0 aromatic rings. The lowest BCUT2D eigenvalue weighted by Gasteiger charge is -2.37. The lowest BCUT2D eigenvalue weighted by atomic mass is 10.2. The molecular formula is C11H23N3O2. The smallest absolute Gasteiger partial charge is 0.248 e. The highest BCUT2D eigenvalue weighted by Crippen LogP contribution is 2.04. The summed E-state index contributed by atoms with van der Waals surface area (Å²) in [5, 5.41) is 2.92. The monoisotopic (exact) mass is 229 g/mol. The van der Waals surface area contributed by atoms with E-state index in [1.54, 1.807) is 14.0 Å². The summed E-state index contributed by atoms with van der Waals surface area (Å²) < 4.78 is 4.96. The third-order valence-corrected chi connectivity index (χ3v) is 3.21.